The Kier molecular flexibility index (Phi) is 4.60. The smallest absolute Gasteiger partial charge is 0.186 e. The Morgan fingerprint density at radius 3 is 2.88 bits per heavy atom. The molecule has 25 heavy (non-hydrogen) atoms. The Hall–Kier alpha value is -1.91. The second-order valence-corrected chi connectivity index (χ2v) is 7.43. The van der Waals surface area contributed by atoms with Crippen molar-refractivity contribution in [1.82, 2.24) is 19.6 Å². The predicted octanol–water partition coefficient (Wildman–Crippen LogP) is 3.59. The Bertz CT molecular complexity index is 844. The van der Waals surface area contributed by atoms with E-state index in [9.17, 15) is 5.26 Å². The number of thioether (sulfide) groups is 1. The molecular formula is C18H23N5OS. The molecule has 0 amide bonds. The Morgan fingerprint density at radius 2 is 2.28 bits per heavy atom. The lowest BCUT2D eigenvalue weighted by molar-refractivity contribution is -0.0791. The molecule has 1 aliphatic heterocycles. The maximum atomic E-state index is 10.1. The highest BCUT2D eigenvalue weighted by Gasteiger charge is 2.63. The summed E-state index contributed by atoms with van der Waals surface area (Å²) < 4.78 is 8.33. The highest BCUT2D eigenvalue weighted by molar-refractivity contribution is 7.98. The monoisotopic (exact) mass is 357 g/mol. The van der Waals surface area contributed by atoms with Crippen LogP contribution in [0.3, 0.4) is 0 Å². The Balaban J connectivity index is 2.30. The van der Waals surface area contributed by atoms with Gasteiger partial charge in [-0.1, -0.05) is 19.9 Å². The molecular weight excluding hydrogens is 334 g/mol. The summed E-state index contributed by atoms with van der Waals surface area (Å²) in [7, 11) is 0. The van der Waals surface area contributed by atoms with Crippen LogP contribution in [0.2, 0.25) is 0 Å². The van der Waals surface area contributed by atoms with Crippen LogP contribution in [0.25, 0.3) is 5.65 Å². The number of fused-ring (bicyclic) bond motifs is 1. The van der Waals surface area contributed by atoms with Gasteiger partial charge in [-0.05, 0) is 19.6 Å². The van der Waals surface area contributed by atoms with Gasteiger partial charge >= 0.3 is 0 Å². The molecule has 0 aliphatic carbocycles. The molecule has 1 saturated heterocycles. The first-order valence-electron chi connectivity index (χ1n) is 8.42. The molecule has 0 saturated carbocycles. The quantitative estimate of drug-likeness (QED) is 0.601. The molecule has 0 radical (unpaired) electrons. The predicted molar refractivity (Wildman–Crippen MR) is 97.1 cm³/mol. The standard InChI is InChI=1S/C18H23N5OS/c1-6-8-18(17(4,10-19)12(3)13(7-2)24-18)14-9-20-15-16(25-5)21-11-22-23(14)15/h6,9,11-13H,1,7-8H2,2-5H3/t12-,13-,17-,18+/m1/s1. The van der Waals surface area contributed by atoms with Crippen molar-refractivity contribution in [2.75, 3.05) is 6.26 Å². The van der Waals surface area contributed by atoms with Crippen LogP contribution < -0.4 is 0 Å². The number of aromatic nitrogens is 4. The summed E-state index contributed by atoms with van der Waals surface area (Å²) in [5, 5.41) is 15.3. The van der Waals surface area contributed by atoms with Gasteiger partial charge in [0.25, 0.3) is 0 Å². The van der Waals surface area contributed by atoms with Gasteiger partial charge < -0.3 is 4.74 Å². The van der Waals surface area contributed by atoms with Crippen LogP contribution >= 0.6 is 11.8 Å². The lowest BCUT2D eigenvalue weighted by Crippen LogP contribution is -2.43. The van der Waals surface area contributed by atoms with E-state index in [1.807, 2.05) is 19.3 Å². The van der Waals surface area contributed by atoms with Gasteiger partial charge in [-0.3, -0.25) is 0 Å². The average molecular weight is 357 g/mol. The molecule has 1 aliphatic rings. The third-order valence-corrected chi connectivity index (χ3v) is 6.28. The van der Waals surface area contributed by atoms with Crippen molar-refractivity contribution >= 4 is 17.4 Å². The van der Waals surface area contributed by atoms with Gasteiger partial charge in [-0.15, -0.1) is 18.3 Å². The van der Waals surface area contributed by atoms with Gasteiger partial charge in [0.05, 0.1) is 29.5 Å². The van der Waals surface area contributed by atoms with Crippen LogP contribution in [0.15, 0.2) is 30.2 Å². The lowest BCUT2D eigenvalue weighted by Gasteiger charge is -2.38. The topological polar surface area (TPSA) is 76.1 Å². The van der Waals surface area contributed by atoms with E-state index < -0.39 is 11.0 Å². The average Bonchev–Trinajstić information content (AvgIpc) is 3.16. The van der Waals surface area contributed by atoms with E-state index >= 15 is 0 Å². The fourth-order valence-corrected chi connectivity index (χ4v) is 4.44. The van der Waals surface area contributed by atoms with Crippen LogP contribution in [-0.2, 0) is 10.3 Å². The van der Waals surface area contributed by atoms with Crippen molar-refractivity contribution in [3.8, 4) is 6.07 Å². The van der Waals surface area contributed by atoms with Crippen molar-refractivity contribution in [3.63, 3.8) is 0 Å². The van der Waals surface area contributed by atoms with Crippen LogP contribution in [0.1, 0.15) is 39.3 Å². The lowest BCUT2D eigenvalue weighted by atomic mass is 9.65. The number of hydrogen-bond donors (Lipinski definition) is 0. The number of rotatable bonds is 5. The first kappa shape index (κ1) is 17.9. The van der Waals surface area contributed by atoms with E-state index in [1.54, 1.807) is 10.7 Å². The molecule has 0 spiro atoms. The molecule has 0 bridgehead atoms. The second-order valence-electron chi connectivity index (χ2n) is 6.64. The first-order valence-corrected chi connectivity index (χ1v) is 9.64. The van der Waals surface area contributed by atoms with Crippen LogP contribution in [0.5, 0.6) is 0 Å². The minimum atomic E-state index is -0.840. The zero-order chi connectivity index (χ0) is 18.2. The van der Waals surface area contributed by atoms with E-state index in [2.05, 4.69) is 41.6 Å². The highest BCUT2D eigenvalue weighted by atomic mass is 32.2. The molecule has 2 aromatic heterocycles. The largest absolute Gasteiger partial charge is 0.363 e. The van der Waals surface area contributed by atoms with Gasteiger partial charge in [0.15, 0.2) is 5.65 Å². The summed E-state index contributed by atoms with van der Waals surface area (Å²) in [6.45, 7) is 10.1. The molecule has 4 atom stereocenters. The summed E-state index contributed by atoms with van der Waals surface area (Å²) in [5.41, 5.74) is -0.0908. The number of nitrogens with zero attached hydrogens (tertiary/aromatic N) is 5. The van der Waals surface area contributed by atoms with Crippen molar-refractivity contribution in [2.24, 2.45) is 11.3 Å². The zero-order valence-corrected chi connectivity index (χ0v) is 15.9. The molecule has 0 N–H and O–H groups in total. The fourth-order valence-electron chi connectivity index (χ4n) is 3.96. The first-order chi connectivity index (χ1) is 12.0. The third-order valence-electron chi connectivity index (χ3n) is 5.60. The number of hydrogen-bond acceptors (Lipinski definition) is 6. The molecule has 132 valence electrons. The molecule has 2 aromatic rings. The van der Waals surface area contributed by atoms with Gasteiger partial charge in [0, 0.05) is 12.3 Å². The minimum Gasteiger partial charge on any atom is -0.363 e. The fraction of sp³-hybridized carbons (Fsp3) is 0.556. The van der Waals surface area contributed by atoms with Gasteiger partial charge in [0.1, 0.15) is 17.0 Å². The van der Waals surface area contributed by atoms with Crippen molar-refractivity contribution in [2.45, 2.75) is 50.3 Å². The summed E-state index contributed by atoms with van der Waals surface area (Å²) in [5.74, 6) is 0.0786. The highest BCUT2D eigenvalue weighted by Crippen LogP contribution is 2.58. The molecule has 6 nitrogen and oxygen atoms in total. The number of ether oxygens (including phenoxy) is 1. The molecule has 3 rings (SSSR count). The molecule has 7 heteroatoms. The summed E-state index contributed by atoms with van der Waals surface area (Å²) in [6, 6.07) is 2.55. The minimum absolute atomic E-state index is 0.00277. The van der Waals surface area contributed by atoms with Crippen LogP contribution in [-0.4, -0.2) is 31.9 Å². The number of imidazole rings is 1. The maximum absolute atomic E-state index is 10.1. The van der Waals surface area contributed by atoms with Crippen LogP contribution in [0.4, 0.5) is 0 Å². The number of nitriles is 1. The van der Waals surface area contributed by atoms with E-state index in [4.69, 9.17) is 4.74 Å². The summed E-state index contributed by atoms with van der Waals surface area (Å²) in [4.78, 5) is 8.81. The van der Waals surface area contributed by atoms with E-state index in [1.165, 1.54) is 18.1 Å². The van der Waals surface area contributed by atoms with Crippen molar-refractivity contribution in [1.29, 1.82) is 5.26 Å². The SMILES string of the molecule is C=CC[C@@]1(c2cnc3c(SC)ncnn23)O[C@H](CC)[C@@H](C)[C@@]1(C)C#N. The third kappa shape index (κ3) is 2.31. The van der Waals surface area contributed by atoms with Crippen molar-refractivity contribution < 1.29 is 4.74 Å². The van der Waals surface area contributed by atoms with Crippen LogP contribution in [0, 0.1) is 22.7 Å². The summed E-state index contributed by atoms with van der Waals surface area (Å²) in [6.07, 6.45) is 8.42. The van der Waals surface area contributed by atoms with Gasteiger partial charge in [-0.2, -0.15) is 10.4 Å². The van der Waals surface area contributed by atoms with Crippen molar-refractivity contribution in [3.05, 3.63) is 30.9 Å². The Morgan fingerprint density at radius 1 is 1.52 bits per heavy atom. The normalized spacial score (nSPS) is 32.0. The Labute approximate surface area is 152 Å². The van der Waals surface area contributed by atoms with E-state index in [0.717, 1.165) is 17.1 Å². The molecule has 0 aromatic carbocycles. The van der Waals surface area contributed by atoms with Gasteiger partial charge in [0.2, 0.25) is 0 Å². The molecule has 0 unspecified atom stereocenters. The molecule has 3 heterocycles. The zero-order valence-electron chi connectivity index (χ0n) is 15.1. The van der Waals surface area contributed by atoms with Gasteiger partial charge in [-0.25, -0.2) is 14.5 Å². The van der Waals surface area contributed by atoms with E-state index in [0.29, 0.717) is 12.1 Å². The maximum Gasteiger partial charge on any atom is 0.186 e. The second kappa shape index (κ2) is 6.43. The van der Waals surface area contributed by atoms with E-state index in [-0.39, 0.29) is 12.0 Å². The summed E-state index contributed by atoms with van der Waals surface area (Å²) >= 11 is 1.52. The molecule has 1 fully saturated rings.